The molecule has 3 rings (SSSR count). The Morgan fingerprint density at radius 2 is 1.58 bits per heavy atom. The highest BCUT2D eigenvalue weighted by Crippen LogP contribution is 2.37. The lowest BCUT2D eigenvalue weighted by molar-refractivity contribution is -0.143. The van der Waals surface area contributed by atoms with Crippen LogP contribution in [0.5, 0.6) is 0 Å². The van der Waals surface area contributed by atoms with Crippen molar-refractivity contribution in [2.75, 3.05) is 18.4 Å². The van der Waals surface area contributed by atoms with Crippen molar-refractivity contribution in [2.45, 2.75) is 37.8 Å². The average Bonchev–Trinajstić information content (AvgIpc) is 3.12. The van der Waals surface area contributed by atoms with Gasteiger partial charge in [-0.3, -0.25) is 4.90 Å². The quantitative estimate of drug-likeness (QED) is 0.596. The Bertz CT molecular complexity index is 866. The summed E-state index contributed by atoms with van der Waals surface area (Å²) in [6, 6.07) is 9.88. The van der Waals surface area contributed by atoms with Crippen molar-refractivity contribution in [1.82, 2.24) is 10.2 Å². The van der Waals surface area contributed by atoms with Crippen molar-refractivity contribution in [3.63, 3.8) is 0 Å². The Balaban J connectivity index is 1.62. The third kappa shape index (κ3) is 6.36. The van der Waals surface area contributed by atoms with E-state index in [0.717, 1.165) is 24.9 Å². The highest BCUT2D eigenvalue weighted by Gasteiger charge is 2.37. The number of anilines is 1. The lowest BCUT2D eigenvalue weighted by atomic mass is 10.1. The van der Waals surface area contributed by atoms with Gasteiger partial charge >= 0.3 is 18.4 Å². The van der Waals surface area contributed by atoms with Gasteiger partial charge < -0.3 is 10.6 Å². The minimum atomic E-state index is -4.98. The van der Waals surface area contributed by atoms with Gasteiger partial charge in [-0.05, 0) is 43.1 Å². The number of carbonyl (C=O) groups excluding carboxylic acids is 1. The van der Waals surface area contributed by atoms with Gasteiger partial charge in [0.1, 0.15) is 0 Å². The number of likely N-dealkylation sites (tertiary alicyclic amines) is 1. The van der Waals surface area contributed by atoms with Crippen LogP contribution >= 0.6 is 0 Å². The second-order valence-electron chi connectivity index (χ2n) is 7.38. The molecule has 1 fully saturated rings. The number of benzene rings is 2. The highest BCUT2D eigenvalue weighted by molar-refractivity contribution is 5.89. The first kappa shape index (κ1) is 22.9. The molecule has 1 aliphatic heterocycles. The maximum Gasteiger partial charge on any atom is 0.416 e. The fraction of sp³-hybridized carbons (Fsp3) is 0.381. The minimum absolute atomic E-state index is 0.0169. The number of carbonyl (C=O) groups is 1. The molecule has 0 bridgehead atoms. The zero-order valence-electron chi connectivity index (χ0n) is 16.4. The number of amides is 2. The van der Waals surface area contributed by atoms with E-state index >= 15 is 0 Å². The van der Waals surface area contributed by atoms with E-state index in [-0.39, 0.29) is 18.7 Å². The molecule has 168 valence electrons. The molecule has 0 radical (unpaired) electrons. The average molecular weight is 445 g/mol. The fourth-order valence-electron chi connectivity index (χ4n) is 3.57. The molecule has 0 spiro atoms. The Morgan fingerprint density at radius 1 is 0.968 bits per heavy atom. The molecule has 2 aromatic carbocycles. The number of rotatable bonds is 5. The summed E-state index contributed by atoms with van der Waals surface area (Å²) in [4.78, 5) is 14.3. The van der Waals surface area contributed by atoms with Crippen molar-refractivity contribution in [2.24, 2.45) is 0 Å². The van der Waals surface area contributed by atoms with Crippen LogP contribution in [0.3, 0.4) is 0 Å². The molecule has 1 atom stereocenters. The van der Waals surface area contributed by atoms with Crippen molar-refractivity contribution in [3.8, 4) is 0 Å². The second-order valence-corrected chi connectivity index (χ2v) is 7.38. The smallest absolute Gasteiger partial charge is 0.336 e. The largest absolute Gasteiger partial charge is 0.416 e. The first-order valence-corrected chi connectivity index (χ1v) is 9.65. The summed E-state index contributed by atoms with van der Waals surface area (Å²) < 4.78 is 77.7. The van der Waals surface area contributed by atoms with Gasteiger partial charge in [0, 0.05) is 24.8 Å². The van der Waals surface area contributed by atoms with Gasteiger partial charge in [0.15, 0.2) is 0 Å². The van der Waals surface area contributed by atoms with Crippen LogP contribution in [0.4, 0.5) is 36.8 Å². The fourth-order valence-corrected chi connectivity index (χ4v) is 3.57. The van der Waals surface area contributed by atoms with E-state index in [1.165, 1.54) is 0 Å². The van der Waals surface area contributed by atoms with E-state index in [1.807, 2.05) is 30.3 Å². The Hall–Kier alpha value is -2.75. The number of hydrogen-bond acceptors (Lipinski definition) is 2. The summed E-state index contributed by atoms with van der Waals surface area (Å²) in [6.45, 7) is 1.76. The molecule has 0 saturated carbocycles. The van der Waals surface area contributed by atoms with Gasteiger partial charge in [-0.1, -0.05) is 30.3 Å². The minimum Gasteiger partial charge on any atom is -0.336 e. The zero-order valence-corrected chi connectivity index (χ0v) is 16.4. The van der Waals surface area contributed by atoms with Gasteiger partial charge in [0.05, 0.1) is 11.1 Å². The molecular formula is C21H21F6N3O. The number of alkyl halides is 6. The third-order valence-corrected chi connectivity index (χ3v) is 5.07. The third-order valence-electron chi connectivity index (χ3n) is 5.07. The van der Waals surface area contributed by atoms with Crippen LogP contribution in [-0.2, 0) is 18.9 Å². The first-order chi connectivity index (χ1) is 14.5. The molecule has 31 heavy (non-hydrogen) atoms. The van der Waals surface area contributed by atoms with E-state index < -0.39 is 35.2 Å². The number of halogens is 6. The molecule has 2 amide bonds. The molecule has 0 aliphatic carbocycles. The van der Waals surface area contributed by atoms with Crippen LogP contribution < -0.4 is 10.6 Å². The number of nitrogens with zero attached hydrogens (tertiary/aromatic N) is 1. The Kier molecular flexibility index (Phi) is 6.78. The summed E-state index contributed by atoms with van der Waals surface area (Å²) in [5, 5.41) is 4.64. The maximum atomic E-state index is 12.9. The number of hydrogen-bond donors (Lipinski definition) is 2. The van der Waals surface area contributed by atoms with Crippen molar-refractivity contribution in [1.29, 1.82) is 0 Å². The predicted octanol–water partition coefficient (Wildman–Crippen LogP) is 5.51. The van der Waals surface area contributed by atoms with Gasteiger partial charge in [0.2, 0.25) is 0 Å². The monoisotopic (exact) mass is 445 g/mol. The van der Waals surface area contributed by atoms with E-state index in [2.05, 4.69) is 15.5 Å². The van der Waals surface area contributed by atoms with Crippen molar-refractivity contribution >= 4 is 11.7 Å². The summed E-state index contributed by atoms with van der Waals surface area (Å²) >= 11 is 0. The number of nitrogens with one attached hydrogen (secondary N) is 2. The molecule has 2 aromatic rings. The molecule has 4 nitrogen and oxygen atoms in total. The summed E-state index contributed by atoms with van der Waals surface area (Å²) in [5.74, 6) is 0. The van der Waals surface area contributed by atoms with Gasteiger partial charge in [-0.25, -0.2) is 4.79 Å². The topological polar surface area (TPSA) is 44.4 Å². The van der Waals surface area contributed by atoms with Crippen LogP contribution in [0.2, 0.25) is 0 Å². The standard InChI is InChI=1S/C21H21F6N3O/c22-20(23,24)15-9-16(21(25,26)27)11-17(10-15)29-19(31)28-12-18-7-4-8-30(18)13-14-5-2-1-3-6-14/h1-3,5-6,9-11,18H,4,7-8,12-13H2,(H2,28,29,31)/t18-/m0/s1. The van der Waals surface area contributed by atoms with Gasteiger partial charge in [-0.15, -0.1) is 0 Å². The lowest BCUT2D eigenvalue weighted by Crippen LogP contribution is -2.41. The zero-order chi connectivity index (χ0) is 22.6. The first-order valence-electron chi connectivity index (χ1n) is 9.65. The molecule has 0 unspecified atom stereocenters. The van der Waals surface area contributed by atoms with Crippen LogP contribution in [0, 0.1) is 0 Å². The second kappa shape index (κ2) is 9.17. The molecule has 0 aromatic heterocycles. The molecule has 1 saturated heterocycles. The van der Waals surface area contributed by atoms with Crippen LogP contribution in [0.15, 0.2) is 48.5 Å². The highest BCUT2D eigenvalue weighted by atomic mass is 19.4. The predicted molar refractivity (Wildman–Crippen MR) is 103 cm³/mol. The normalized spacial score (nSPS) is 17.5. The summed E-state index contributed by atoms with van der Waals surface area (Å²) in [7, 11) is 0. The lowest BCUT2D eigenvalue weighted by Gasteiger charge is -2.25. The van der Waals surface area contributed by atoms with E-state index in [4.69, 9.17) is 0 Å². The van der Waals surface area contributed by atoms with Gasteiger partial charge in [-0.2, -0.15) is 26.3 Å². The van der Waals surface area contributed by atoms with E-state index in [9.17, 15) is 31.1 Å². The Labute approximate surface area is 175 Å². The van der Waals surface area contributed by atoms with Crippen LogP contribution in [-0.4, -0.2) is 30.1 Å². The summed E-state index contributed by atoms with van der Waals surface area (Å²) in [6.07, 6.45) is -8.19. The van der Waals surface area contributed by atoms with Crippen molar-refractivity contribution < 1.29 is 31.1 Å². The van der Waals surface area contributed by atoms with E-state index in [0.29, 0.717) is 18.7 Å². The molecule has 1 heterocycles. The Morgan fingerprint density at radius 3 is 2.16 bits per heavy atom. The maximum absolute atomic E-state index is 12.9. The molecule has 1 aliphatic rings. The summed E-state index contributed by atoms with van der Waals surface area (Å²) in [5.41, 5.74) is -2.43. The van der Waals surface area contributed by atoms with Crippen LogP contribution in [0.25, 0.3) is 0 Å². The molecule has 2 N–H and O–H groups in total. The van der Waals surface area contributed by atoms with E-state index in [1.54, 1.807) is 0 Å². The molecular weight excluding hydrogens is 424 g/mol. The van der Waals surface area contributed by atoms with Crippen LogP contribution in [0.1, 0.15) is 29.5 Å². The van der Waals surface area contributed by atoms with Crippen molar-refractivity contribution in [3.05, 3.63) is 65.2 Å². The number of urea groups is 1. The van der Waals surface area contributed by atoms with Gasteiger partial charge in [0.25, 0.3) is 0 Å². The molecule has 10 heteroatoms. The SMILES string of the molecule is O=C(NC[C@@H]1CCCN1Cc1ccccc1)Nc1cc(C(F)(F)F)cc(C(F)(F)F)c1.